The van der Waals surface area contributed by atoms with Crippen molar-refractivity contribution in [3.63, 3.8) is 0 Å². The number of allylic oxidation sites excluding steroid dienone is 1. The smallest absolute Gasteiger partial charge is 0.408 e. The van der Waals surface area contributed by atoms with E-state index in [0.29, 0.717) is 64.6 Å². The van der Waals surface area contributed by atoms with E-state index in [1.165, 1.54) is 23.3 Å². The van der Waals surface area contributed by atoms with E-state index in [-0.39, 0.29) is 43.0 Å². The number of ether oxygens (including phenoxy) is 3. The van der Waals surface area contributed by atoms with E-state index in [9.17, 15) is 23.8 Å². The topological polar surface area (TPSA) is 181 Å². The fraction of sp³-hybridized carbons (Fsp3) is 0.500. The molecule has 354 valence electrons. The molecule has 4 aliphatic rings. The van der Waals surface area contributed by atoms with Crippen molar-refractivity contribution in [1.29, 1.82) is 0 Å². The number of benzene rings is 2. The second-order valence-corrected chi connectivity index (χ2v) is 21.9. The van der Waals surface area contributed by atoms with E-state index in [2.05, 4.69) is 16.0 Å². The summed E-state index contributed by atoms with van der Waals surface area (Å²) >= 11 is 14.2. The van der Waals surface area contributed by atoms with Crippen molar-refractivity contribution in [3.05, 3.63) is 75.1 Å². The number of nitrogens with one attached hydrogen (secondary N) is 3. The van der Waals surface area contributed by atoms with Crippen molar-refractivity contribution >= 4 is 75.8 Å². The monoisotopic (exact) mass is 988 g/mol. The average Bonchev–Trinajstić information content (AvgIpc) is 3.69. The predicted molar refractivity (Wildman–Crippen MR) is 249 cm³/mol. The van der Waals surface area contributed by atoms with E-state index in [1.54, 1.807) is 24.3 Å². The number of carbonyl (C=O) groups is 3. The third-order valence-electron chi connectivity index (χ3n) is 12.7. The fourth-order valence-corrected chi connectivity index (χ4v) is 12.9. The van der Waals surface area contributed by atoms with Crippen molar-refractivity contribution in [2.24, 2.45) is 5.92 Å². The molecule has 0 spiro atoms. The molecule has 14 nitrogen and oxygen atoms in total. The van der Waals surface area contributed by atoms with Crippen LogP contribution in [0.2, 0.25) is 10.0 Å². The molecule has 2 aromatic heterocycles. The second kappa shape index (κ2) is 20.0. The van der Waals surface area contributed by atoms with Crippen LogP contribution in [-0.4, -0.2) is 86.9 Å². The molecule has 2 saturated carbocycles. The Bertz CT molecular complexity index is 2580. The van der Waals surface area contributed by atoms with Gasteiger partial charge in [-0.2, -0.15) is 0 Å². The highest BCUT2D eigenvalue weighted by Gasteiger charge is 2.66. The number of amides is 3. The molecule has 2 aliphatic heterocycles. The number of aromatic nitrogens is 2. The van der Waals surface area contributed by atoms with Crippen molar-refractivity contribution in [2.45, 2.75) is 126 Å². The lowest BCUT2D eigenvalue weighted by Gasteiger charge is -2.31. The first kappa shape index (κ1) is 47.9. The molecular formula is C46H53Cl2F2N6O8PS. The zero-order valence-electron chi connectivity index (χ0n) is 36.8. The molecule has 0 radical (unpaired) electrons. The fourth-order valence-electron chi connectivity index (χ4n) is 9.20. The van der Waals surface area contributed by atoms with Crippen molar-refractivity contribution < 1.29 is 46.8 Å². The van der Waals surface area contributed by atoms with Gasteiger partial charge in [0.05, 0.1) is 36.0 Å². The lowest BCUT2D eigenvalue weighted by atomic mass is 10.0. The Morgan fingerprint density at radius 3 is 2.58 bits per heavy atom. The number of pyridine rings is 1. The predicted octanol–water partition coefficient (Wildman–Crippen LogP) is 9.98. The van der Waals surface area contributed by atoms with Crippen LogP contribution >= 0.6 is 41.9 Å². The molecular weight excluding hydrogens is 936 g/mol. The summed E-state index contributed by atoms with van der Waals surface area (Å²) in [6.07, 6.45) is 6.91. The Hall–Kier alpha value is -4.54. The van der Waals surface area contributed by atoms with E-state index >= 15 is 8.78 Å². The lowest BCUT2D eigenvalue weighted by molar-refractivity contribution is -0.140. The number of hydrogen-bond donors (Lipinski definition) is 4. The molecule has 4 N–H and O–H groups in total. The number of hydrogen-bond acceptors (Lipinski definition) is 11. The van der Waals surface area contributed by atoms with E-state index in [1.807, 2.05) is 25.3 Å². The van der Waals surface area contributed by atoms with Crippen molar-refractivity contribution in [3.8, 4) is 22.9 Å². The average molecular weight is 990 g/mol. The molecule has 20 heteroatoms. The number of halogens is 4. The molecule has 1 unspecified atom stereocenters. The molecule has 8 rings (SSSR count). The van der Waals surface area contributed by atoms with Gasteiger partial charge in [-0.25, -0.2) is 23.5 Å². The van der Waals surface area contributed by atoms with Crippen LogP contribution < -0.4 is 25.4 Å². The van der Waals surface area contributed by atoms with Crippen LogP contribution in [0.3, 0.4) is 0 Å². The summed E-state index contributed by atoms with van der Waals surface area (Å²) < 4.78 is 62.9. The van der Waals surface area contributed by atoms with Crippen LogP contribution in [0.15, 0.2) is 47.9 Å². The maximum Gasteiger partial charge on any atom is 0.408 e. The number of methoxy groups -OCH3 is 1. The standard InChI is InChI=1S/C46H53Cl2F2N6O8PS/c1-25(2)51-44-53-35(24-66-44)34-20-38(29-15-18-37(62-3)39(48)41(29)52-34)63-28-19-36-42(57)55-46(65(60,61)23-30-32(49)17-16-31(47)40(30)50)21-26(46)11-7-5-4-6-8-14-33(43(58)56(36)22-28)54-45(59)64-27-12-9-10-13-27/h7,11,15-18,20,24-28,33,36H,4-6,8-10,12-14,19,21-23H2,1-3H3,(H,51,53)(H,54,59)(H,55,57)(H,60,61)/b11-7-/t26-,28+,33-,36-,46-/m0/s1. The van der Waals surface area contributed by atoms with Crippen molar-refractivity contribution in [2.75, 3.05) is 19.0 Å². The third-order valence-corrected chi connectivity index (χ3v) is 16.8. The molecule has 4 aromatic rings. The van der Waals surface area contributed by atoms with Gasteiger partial charge in [-0.05, 0) is 89.5 Å². The molecule has 3 amide bonds. The summed E-state index contributed by atoms with van der Waals surface area (Å²) in [5.41, 5.74) is 0.681. The van der Waals surface area contributed by atoms with E-state index in [0.717, 1.165) is 37.8 Å². The number of anilines is 1. The van der Waals surface area contributed by atoms with Crippen LogP contribution in [0.5, 0.6) is 11.5 Å². The first-order valence-electron chi connectivity index (χ1n) is 22.3. The van der Waals surface area contributed by atoms with Gasteiger partial charge >= 0.3 is 6.09 Å². The number of carbonyl (C=O) groups excluding carboxylic acids is 3. The minimum Gasteiger partial charge on any atom is -0.495 e. The second-order valence-electron chi connectivity index (χ2n) is 17.8. The first-order valence-corrected chi connectivity index (χ1v) is 25.8. The quantitative estimate of drug-likeness (QED) is 0.0638. The molecule has 2 aromatic carbocycles. The van der Waals surface area contributed by atoms with Gasteiger partial charge in [-0.15, -0.1) is 11.3 Å². The van der Waals surface area contributed by atoms with Gasteiger partial charge in [-0.3, -0.25) is 14.2 Å². The zero-order chi connectivity index (χ0) is 46.9. The number of nitrogens with zero attached hydrogens (tertiary/aromatic N) is 3. The van der Waals surface area contributed by atoms with Crippen LogP contribution in [0.1, 0.15) is 90.0 Å². The zero-order valence-corrected chi connectivity index (χ0v) is 40.0. The van der Waals surface area contributed by atoms with Gasteiger partial charge < -0.3 is 40.0 Å². The van der Waals surface area contributed by atoms with Crippen LogP contribution in [0.25, 0.3) is 22.3 Å². The van der Waals surface area contributed by atoms with Crippen LogP contribution in [0, 0.1) is 17.6 Å². The summed E-state index contributed by atoms with van der Waals surface area (Å²) in [6, 6.07) is 4.86. The number of thiazole rings is 1. The minimum absolute atomic E-state index is 0.00558. The van der Waals surface area contributed by atoms with Crippen LogP contribution in [0.4, 0.5) is 18.7 Å². The first-order chi connectivity index (χ1) is 31.6. The van der Waals surface area contributed by atoms with Gasteiger partial charge in [0.25, 0.3) is 0 Å². The third kappa shape index (κ3) is 10.2. The summed E-state index contributed by atoms with van der Waals surface area (Å²) in [5.74, 6) is -3.49. The number of alkyl carbamates (subject to hydrolysis) is 1. The van der Waals surface area contributed by atoms with Gasteiger partial charge in [-0.1, -0.05) is 48.2 Å². The minimum atomic E-state index is -4.69. The Morgan fingerprint density at radius 2 is 1.82 bits per heavy atom. The molecule has 2 aliphatic carbocycles. The highest BCUT2D eigenvalue weighted by Crippen LogP contribution is 2.71. The van der Waals surface area contributed by atoms with Gasteiger partial charge in [0.1, 0.15) is 63.4 Å². The summed E-state index contributed by atoms with van der Waals surface area (Å²) in [5, 5.41) is 9.97. The highest BCUT2D eigenvalue weighted by atomic mass is 35.5. The van der Waals surface area contributed by atoms with E-state index in [4.69, 9.17) is 47.4 Å². The van der Waals surface area contributed by atoms with E-state index < -0.39 is 83.0 Å². The largest absolute Gasteiger partial charge is 0.495 e. The number of fused-ring (bicyclic) bond motifs is 3. The molecule has 0 bridgehead atoms. The SMILES string of the molecule is COc1ccc2c(O[C@@H]3C[C@H]4C(=O)N[C@]5(P(=O)(O)Cc6c(F)ccc(Cl)c6F)C[C@@H]5/C=C\CCCCC[C@H](NC(=O)OC5CCCC5)C(=O)N4C3)cc(-c3csc(NC(C)C)n3)nc2c1Cl. The Kier molecular flexibility index (Phi) is 14.5. The molecule has 1 saturated heterocycles. The summed E-state index contributed by atoms with van der Waals surface area (Å²) in [7, 11) is -3.20. The van der Waals surface area contributed by atoms with Gasteiger partial charge in [0.15, 0.2) is 5.13 Å². The highest BCUT2D eigenvalue weighted by molar-refractivity contribution is 7.59. The van der Waals surface area contributed by atoms with Crippen molar-refractivity contribution in [1.82, 2.24) is 25.5 Å². The molecule has 4 heterocycles. The lowest BCUT2D eigenvalue weighted by Crippen LogP contribution is -2.55. The van der Waals surface area contributed by atoms with Gasteiger partial charge in [0, 0.05) is 40.8 Å². The normalized spacial score (nSPS) is 25.3. The Morgan fingerprint density at radius 1 is 1.05 bits per heavy atom. The summed E-state index contributed by atoms with van der Waals surface area (Å²) in [4.78, 5) is 65.9. The molecule has 3 fully saturated rings. The Labute approximate surface area is 395 Å². The number of rotatable bonds is 11. The Balaban J connectivity index is 1.15. The van der Waals surface area contributed by atoms with Crippen LogP contribution in [-0.2, 0) is 25.1 Å². The summed E-state index contributed by atoms with van der Waals surface area (Å²) in [6.45, 7) is 3.88. The maximum absolute atomic E-state index is 15.2. The molecule has 66 heavy (non-hydrogen) atoms. The molecule has 6 atom stereocenters. The maximum atomic E-state index is 15.2. The van der Waals surface area contributed by atoms with Gasteiger partial charge in [0.2, 0.25) is 19.2 Å².